The molecule has 0 fully saturated rings. The summed E-state index contributed by atoms with van der Waals surface area (Å²) in [6.45, 7) is 4.14. The van der Waals surface area contributed by atoms with Gasteiger partial charge in [0.25, 0.3) is 0 Å². The van der Waals surface area contributed by atoms with Gasteiger partial charge in [0.05, 0.1) is 17.8 Å². The van der Waals surface area contributed by atoms with Crippen LogP contribution in [0.4, 0.5) is 0 Å². The van der Waals surface area contributed by atoms with Crippen LogP contribution in [0, 0.1) is 13.8 Å². The van der Waals surface area contributed by atoms with Crippen molar-refractivity contribution in [2.45, 2.75) is 13.8 Å². The Morgan fingerprint density at radius 3 is 2.67 bits per heavy atom. The molecule has 0 aliphatic heterocycles. The van der Waals surface area contributed by atoms with Crippen molar-refractivity contribution in [3.05, 3.63) is 54.0 Å². The van der Waals surface area contributed by atoms with Crippen molar-refractivity contribution >= 4 is 10.9 Å². The molecule has 0 amide bonds. The maximum absolute atomic E-state index is 4.39. The van der Waals surface area contributed by atoms with Crippen LogP contribution < -0.4 is 4.68 Å². The first-order chi connectivity index (χ1) is 8.66. The zero-order valence-corrected chi connectivity index (χ0v) is 10.9. The average Bonchev–Trinajstić information content (AvgIpc) is 2.68. The number of para-hydroxylation sites is 1. The molecule has 18 heavy (non-hydrogen) atoms. The number of hydrogen-bond acceptors (Lipinski definition) is 1. The van der Waals surface area contributed by atoms with Crippen LogP contribution in [-0.4, -0.2) is 9.67 Å². The monoisotopic (exact) mass is 238 g/mol. The van der Waals surface area contributed by atoms with Crippen molar-refractivity contribution in [1.82, 2.24) is 9.67 Å². The maximum atomic E-state index is 4.39. The van der Waals surface area contributed by atoms with Gasteiger partial charge in [-0.1, -0.05) is 12.1 Å². The smallest absolute Gasteiger partial charge is 0.238 e. The number of aryl methyl sites for hydroxylation is 3. The van der Waals surface area contributed by atoms with Crippen LogP contribution in [0.2, 0.25) is 0 Å². The fraction of sp³-hybridized carbons (Fsp3) is 0.200. The van der Waals surface area contributed by atoms with E-state index < -0.39 is 0 Å². The lowest BCUT2D eigenvalue weighted by Gasteiger charge is -2.04. The lowest BCUT2D eigenvalue weighted by molar-refractivity contribution is -0.720. The Balaban J connectivity index is 2.28. The molecule has 1 aromatic carbocycles. The third-order valence-electron chi connectivity index (χ3n) is 3.34. The van der Waals surface area contributed by atoms with Crippen LogP contribution in [0.25, 0.3) is 16.6 Å². The molecule has 0 aliphatic rings. The van der Waals surface area contributed by atoms with E-state index in [0.717, 1.165) is 11.4 Å². The summed E-state index contributed by atoms with van der Waals surface area (Å²) in [4.78, 5) is 4.39. The van der Waals surface area contributed by atoms with Crippen LogP contribution in [0.1, 0.15) is 11.3 Å². The highest BCUT2D eigenvalue weighted by molar-refractivity contribution is 5.75. The molecule has 0 unspecified atom stereocenters. The quantitative estimate of drug-likeness (QED) is 0.597. The van der Waals surface area contributed by atoms with Crippen LogP contribution in [0.15, 0.2) is 42.7 Å². The molecule has 3 nitrogen and oxygen atoms in total. The van der Waals surface area contributed by atoms with Gasteiger partial charge >= 0.3 is 0 Å². The second-order valence-electron chi connectivity index (χ2n) is 4.67. The Morgan fingerprint density at radius 2 is 1.94 bits per heavy atom. The molecule has 0 atom stereocenters. The molecule has 2 aromatic heterocycles. The molecule has 0 N–H and O–H groups in total. The number of pyridine rings is 1. The van der Waals surface area contributed by atoms with Gasteiger partial charge < -0.3 is 0 Å². The Labute approximate surface area is 106 Å². The second kappa shape index (κ2) is 3.95. The number of rotatable bonds is 1. The molecule has 0 spiro atoms. The molecule has 3 aromatic rings. The van der Waals surface area contributed by atoms with Crippen molar-refractivity contribution in [2.24, 2.45) is 7.05 Å². The number of nitrogens with zero attached hydrogens (tertiary/aromatic N) is 3. The Hall–Kier alpha value is -2.16. The summed E-state index contributed by atoms with van der Waals surface area (Å²) >= 11 is 0. The fourth-order valence-electron chi connectivity index (χ4n) is 2.39. The van der Waals surface area contributed by atoms with Crippen molar-refractivity contribution < 1.29 is 4.68 Å². The molecule has 3 heteroatoms. The first-order valence-corrected chi connectivity index (χ1v) is 6.07. The minimum Gasteiger partial charge on any atom is -0.259 e. The lowest BCUT2D eigenvalue weighted by Crippen LogP contribution is -2.38. The lowest BCUT2D eigenvalue weighted by atomic mass is 10.2. The summed E-state index contributed by atoms with van der Waals surface area (Å²) < 4.78 is 4.29. The number of aromatic nitrogens is 3. The largest absolute Gasteiger partial charge is 0.259 e. The summed E-state index contributed by atoms with van der Waals surface area (Å²) in [7, 11) is 2.07. The van der Waals surface area contributed by atoms with E-state index in [1.807, 2.05) is 13.1 Å². The van der Waals surface area contributed by atoms with Crippen molar-refractivity contribution in [1.29, 1.82) is 0 Å². The third kappa shape index (κ3) is 1.59. The molecule has 0 saturated carbocycles. The van der Waals surface area contributed by atoms with E-state index in [1.54, 1.807) is 0 Å². The topological polar surface area (TPSA) is 21.7 Å². The normalized spacial score (nSPS) is 11.1. The molecule has 90 valence electrons. The zero-order valence-electron chi connectivity index (χ0n) is 10.9. The summed E-state index contributed by atoms with van der Waals surface area (Å²) in [5.74, 6) is 0. The highest BCUT2D eigenvalue weighted by Gasteiger charge is 2.15. The Kier molecular flexibility index (Phi) is 2.40. The van der Waals surface area contributed by atoms with Crippen LogP contribution >= 0.6 is 0 Å². The summed E-state index contributed by atoms with van der Waals surface area (Å²) in [5, 5.41) is 1.24. The van der Waals surface area contributed by atoms with Gasteiger partial charge in [-0.25, -0.2) is 0 Å². The van der Waals surface area contributed by atoms with Crippen molar-refractivity contribution in [2.75, 3.05) is 0 Å². The predicted molar refractivity (Wildman–Crippen MR) is 71.7 cm³/mol. The van der Waals surface area contributed by atoms with Crippen LogP contribution in [0.3, 0.4) is 0 Å². The summed E-state index contributed by atoms with van der Waals surface area (Å²) in [5.41, 5.74) is 4.63. The van der Waals surface area contributed by atoms with E-state index in [1.165, 1.54) is 16.5 Å². The minimum absolute atomic E-state index is 1.05. The molecular formula is C15H16N3+. The van der Waals surface area contributed by atoms with E-state index in [4.69, 9.17) is 0 Å². The van der Waals surface area contributed by atoms with Gasteiger partial charge in [0.15, 0.2) is 7.05 Å². The molecule has 0 bridgehead atoms. The number of benzene rings is 1. The van der Waals surface area contributed by atoms with Gasteiger partial charge in [-0.2, -0.15) is 0 Å². The third-order valence-corrected chi connectivity index (χ3v) is 3.34. The molecule has 0 radical (unpaired) electrons. The van der Waals surface area contributed by atoms with Gasteiger partial charge in [0, 0.05) is 11.8 Å². The zero-order chi connectivity index (χ0) is 12.7. The second-order valence-corrected chi connectivity index (χ2v) is 4.67. The van der Waals surface area contributed by atoms with Crippen LogP contribution in [-0.2, 0) is 7.05 Å². The van der Waals surface area contributed by atoms with Gasteiger partial charge in [-0.15, -0.1) is 9.36 Å². The number of hydrogen-bond donors (Lipinski definition) is 0. The first-order valence-electron chi connectivity index (χ1n) is 6.07. The van der Waals surface area contributed by atoms with Crippen molar-refractivity contribution in [3.63, 3.8) is 0 Å². The molecule has 0 saturated heterocycles. The molecule has 2 heterocycles. The predicted octanol–water partition coefficient (Wildman–Crippen LogP) is 2.47. The van der Waals surface area contributed by atoms with Gasteiger partial charge in [0.1, 0.15) is 5.69 Å². The summed E-state index contributed by atoms with van der Waals surface area (Å²) in [6.07, 6.45) is 4.08. The minimum atomic E-state index is 1.05. The average molecular weight is 238 g/mol. The fourth-order valence-corrected chi connectivity index (χ4v) is 2.39. The van der Waals surface area contributed by atoms with E-state index in [-0.39, 0.29) is 0 Å². The van der Waals surface area contributed by atoms with E-state index in [0.29, 0.717) is 0 Å². The Morgan fingerprint density at radius 1 is 1.17 bits per heavy atom. The van der Waals surface area contributed by atoms with E-state index in [9.17, 15) is 0 Å². The standard InChI is InChI=1S/C15H16N3/c1-11-8-12(2)16-9-15(11)18-10-13-6-4-5-7-14(13)17(18)3/h4-10H,1-3H3/q+1. The van der Waals surface area contributed by atoms with Crippen LogP contribution in [0.5, 0.6) is 0 Å². The SMILES string of the molecule is Cc1cc(C)c(-n2cc3ccccc3[n+]2C)cn1. The first kappa shape index (κ1) is 11.0. The highest BCUT2D eigenvalue weighted by Crippen LogP contribution is 2.16. The van der Waals surface area contributed by atoms with E-state index in [2.05, 4.69) is 64.8 Å². The Bertz CT molecular complexity index is 726. The van der Waals surface area contributed by atoms with Gasteiger partial charge in [0.2, 0.25) is 5.52 Å². The highest BCUT2D eigenvalue weighted by atomic mass is 15.4. The van der Waals surface area contributed by atoms with E-state index >= 15 is 0 Å². The molecule has 3 rings (SSSR count). The molecular weight excluding hydrogens is 222 g/mol. The molecule has 0 aliphatic carbocycles. The summed E-state index contributed by atoms with van der Waals surface area (Å²) in [6, 6.07) is 10.5. The van der Waals surface area contributed by atoms with Gasteiger partial charge in [-0.05, 0) is 31.5 Å². The maximum Gasteiger partial charge on any atom is 0.238 e. The van der Waals surface area contributed by atoms with Crippen molar-refractivity contribution in [3.8, 4) is 5.69 Å². The number of fused-ring (bicyclic) bond motifs is 1. The van der Waals surface area contributed by atoms with Gasteiger partial charge in [-0.3, -0.25) is 4.98 Å².